The summed E-state index contributed by atoms with van der Waals surface area (Å²) in [4.78, 5) is 132. The molecule has 9 atom stereocenters. The normalized spacial score (nSPS) is 23.6. The second-order valence-electron chi connectivity index (χ2n) is 33.6. The van der Waals surface area contributed by atoms with Gasteiger partial charge in [0.25, 0.3) is 16.7 Å². The van der Waals surface area contributed by atoms with E-state index < -0.39 is 88.9 Å². The molecule has 9 N–H and O–H groups in total. The average Bonchev–Trinajstić information content (AvgIpc) is 1.58. The number of ether oxygens (including phenoxy) is 3. The molecule has 0 spiro atoms. The smallest absolute Gasteiger partial charge is 0.343 e. The molecule has 30 heteroatoms. The van der Waals surface area contributed by atoms with Crippen LogP contribution in [-0.4, -0.2) is 113 Å². The van der Waals surface area contributed by atoms with Crippen LogP contribution in [0.5, 0.6) is 0 Å². The maximum absolute atomic E-state index is 15.0. The van der Waals surface area contributed by atoms with Gasteiger partial charge < -0.3 is 74.5 Å². The third-order valence-corrected chi connectivity index (χ3v) is 27.1. The first-order chi connectivity index (χ1) is 55.9. The van der Waals surface area contributed by atoms with E-state index in [9.17, 15) is 73.8 Å². The number of nitrogens with one attached hydrogen (secondary N) is 3. The van der Waals surface area contributed by atoms with Crippen LogP contribution in [0.2, 0.25) is 0 Å². The van der Waals surface area contributed by atoms with Crippen LogP contribution in [0.3, 0.4) is 0 Å². The number of aliphatic hydroxyl groups excluding tert-OH is 3. The highest BCUT2D eigenvalue weighted by Gasteiger charge is 2.51. The molecule has 21 rings (SSSR count). The van der Waals surface area contributed by atoms with Crippen LogP contribution >= 0.6 is 0 Å². The lowest BCUT2D eigenvalue weighted by Gasteiger charge is -2.31. The van der Waals surface area contributed by atoms with E-state index in [0.717, 1.165) is 105 Å². The van der Waals surface area contributed by atoms with E-state index in [4.69, 9.17) is 29.2 Å². The first-order valence-corrected chi connectivity index (χ1v) is 40.3. The molecule has 9 aromatic rings. The topological polar surface area (TPSA) is 392 Å². The minimum atomic E-state index is -1.96. The summed E-state index contributed by atoms with van der Waals surface area (Å²) in [5.41, 5.74) is 6.63. The van der Waals surface area contributed by atoms with Crippen LogP contribution < -0.4 is 32.6 Å². The number of hydrogen-bond acceptors (Lipinski definition) is 21. The Hall–Kier alpha value is -10.9. The van der Waals surface area contributed by atoms with Gasteiger partial charge in [-0.1, -0.05) is 20.8 Å². The van der Waals surface area contributed by atoms with Crippen molar-refractivity contribution in [3.05, 3.63) is 185 Å². The highest BCUT2D eigenvalue weighted by molar-refractivity contribution is 5.98. The van der Waals surface area contributed by atoms with Crippen molar-refractivity contribution in [3.8, 4) is 34.2 Å². The maximum atomic E-state index is 15.0. The molecule has 12 heterocycles. The van der Waals surface area contributed by atoms with E-state index in [1.807, 2.05) is 0 Å². The second kappa shape index (κ2) is 27.1. The number of carbonyl (C=O) groups is 6. The molecule has 1 unspecified atom stereocenters. The molecule has 3 saturated carbocycles. The number of benzene rings is 3. The Balaban J connectivity index is 0.000000117. The SMILES string of the molecule is CC[C@@]1(O)C(=O)OCc2c1cc1n(c2=O)Cc2c-1nc1cc(F)c(C)c3c1c2[C@@H](NC(=O)C(O)C1CC1)CC3.CC[C@@]1(O)C(=O)OCc2c1cc1n(c2=O)Cc2c-1nc1cc(F)c(C)c3c1c2[C@@H](NC(=O)[C@@H](O)C1CC1)CC3.CC[C@@]1(O)C(=O)OCc2c1cc1n(c2=O)Cc2c-1nc1cc(F)c(C)c3c1c2[C@@H](NC(=O)[C@H](O)C1CC1)CC3. The van der Waals surface area contributed by atoms with Crippen molar-refractivity contribution in [1.29, 1.82) is 0 Å². The summed E-state index contributed by atoms with van der Waals surface area (Å²) in [7, 11) is 0. The van der Waals surface area contributed by atoms with Gasteiger partial charge in [-0.25, -0.2) is 42.5 Å². The molecule has 0 radical (unpaired) electrons. The fourth-order valence-corrected chi connectivity index (χ4v) is 19.7. The van der Waals surface area contributed by atoms with Gasteiger partial charge in [0, 0.05) is 67.7 Å². The Labute approximate surface area is 664 Å². The number of aromatic nitrogens is 6. The Bertz CT molecular complexity index is 5670. The maximum Gasteiger partial charge on any atom is 0.343 e. The number of aliphatic hydroxyl groups is 6. The highest BCUT2D eigenvalue weighted by Crippen LogP contribution is 2.52. The second-order valence-corrected chi connectivity index (χ2v) is 33.6. The molecule has 3 aromatic carbocycles. The number of carbonyl (C=O) groups excluding carboxylic acids is 6. The zero-order chi connectivity index (χ0) is 82.1. The molecule has 3 amide bonds. The van der Waals surface area contributed by atoms with Crippen molar-refractivity contribution in [2.45, 2.75) is 231 Å². The lowest BCUT2D eigenvalue weighted by atomic mass is 9.81. The lowest BCUT2D eigenvalue weighted by molar-refractivity contribution is -0.172. The number of halogens is 3. The molecule has 0 saturated heterocycles. The Morgan fingerprint density at radius 2 is 0.675 bits per heavy atom. The largest absolute Gasteiger partial charge is 0.458 e. The third kappa shape index (κ3) is 11.4. The summed E-state index contributed by atoms with van der Waals surface area (Å²) in [5, 5.41) is 76.3. The van der Waals surface area contributed by atoms with Gasteiger partial charge in [0.2, 0.25) is 17.7 Å². The first kappa shape index (κ1) is 76.1. The summed E-state index contributed by atoms with van der Waals surface area (Å²) in [6.45, 7) is 9.90. The van der Waals surface area contributed by atoms with Crippen molar-refractivity contribution in [2.75, 3.05) is 0 Å². The van der Waals surface area contributed by atoms with Gasteiger partial charge in [-0.2, -0.15) is 0 Å². The minimum absolute atomic E-state index is 0.0241. The summed E-state index contributed by atoms with van der Waals surface area (Å²) in [5.74, 6) is -4.96. The van der Waals surface area contributed by atoms with Gasteiger partial charge in [0.1, 0.15) is 55.6 Å². The van der Waals surface area contributed by atoms with Crippen molar-refractivity contribution in [2.24, 2.45) is 17.8 Å². The number of nitrogens with zero attached hydrogens (tertiary/aromatic N) is 6. The van der Waals surface area contributed by atoms with Gasteiger partial charge in [0.05, 0.1) is 105 Å². The highest BCUT2D eigenvalue weighted by atomic mass is 19.1. The number of cyclic esters (lactones) is 3. The van der Waals surface area contributed by atoms with E-state index in [1.165, 1.54) is 31.9 Å². The number of fused-ring (bicyclic) bond motifs is 15. The molecule has 12 aliphatic rings. The van der Waals surface area contributed by atoms with Gasteiger partial charge in [-0.05, 0) is 203 Å². The number of amides is 3. The van der Waals surface area contributed by atoms with Crippen LogP contribution in [-0.2, 0) is 118 Å². The van der Waals surface area contributed by atoms with Crippen molar-refractivity contribution >= 4 is 68.3 Å². The summed E-state index contributed by atoms with van der Waals surface area (Å²) in [6, 6.07) is 7.61. The molecule has 6 aromatic heterocycles. The molecule has 6 aliphatic carbocycles. The van der Waals surface area contributed by atoms with Crippen LogP contribution in [0.25, 0.3) is 66.9 Å². The van der Waals surface area contributed by atoms with Crippen LogP contribution in [0.15, 0.2) is 50.8 Å². The van der Waals surface area contributed by atoms with Crippen LogP contribution in [0.4, 0.5) is 13.2 Å². The van der Waals surface area contributed by atoms with E-state index in [1.54, 1.807) is 59.7 Å². The zero-order valence-corrected chi connectivity index (χ0v) is 64.9. The Morgan fingerprint density at radius 1 is 0.419 bits per heavy atom. The molecular weight excluding hydrogens is 1520 g/mol. The standard InChI is InChI=1S/3C29H28FN3O6/c3*1-3-29(38)17-8-21-24-15(10-33(21)27(36)16(17)11-39-28(29)37)23-19(32-26(35)25(34)13-4-5-13)7-6-14-12(2)18(30)9-20(31-24)22(14)23/h3*8-9,13,19,25,34,38H,3-7,10-11H2,1-2H3,(H,32,35)/t19-,25?,29-;19-,25+,29-;19-,25-,29-/m000/s1. The van der Waals surface area contributed by atoms with Crippen molar-refractivity contribution in [1.82, 2.24) is 44.6 Å². The first-order valence-electron chi connectivity index (χ1n) is 40.3. The Morgan fingerprint density at radius 3 is 0.915 bits per heavy atom. The van der Waals surface area contributed by atoms with E-state index in [-0.39, 0.29) is 144 Å². The van der Waals surface area contributed by atoms with Crippen LogP contribution in [0, 0.1) is 56.0 Å². The molecular formula is C87H84F3N9O18. The van der Waals surface area contributed by atoms with E-state index in [0.29, 0.717) is 106 Å². The monoisotopic (exact) mass is 1600 g/mol. The van der Waals surface area contributed by atoms with Gasteiger partial charge in [0.15, 0.2) is 16.8 Å². The summed E-state index contributed by atoms with van der Waals surface area (Å²) < 4.78 is 65.1. The van der Waals surface area contributed by atoms with E-state index >= 15 is 13.2 Å². The number of esters is 3. The Kier molecular flexibility index (Phi) is 17.6. The average molecular weight is 1600 g/mol. The van der Waals surface area contributed by atoms with Crippen molar-refractivity contribution in [3.63, 3.8) is 0 Å². The predicted octanol–water partition coefficient (Wildman–Crippen LogP) is 7.20. The molecule has 3 fully saturated rings. The number of rotatable bonds is 12. The third-order valence-electron chi connectivity index (χ3n) is 27.1. The zero-order valence-electron chi connectivity index (χ0n) is 64.9. The molecule has 6 aliphatic heterocycles. The van der Waals surface area contributed by atoms with Gasteiger partial charge in [-0.3, -0.25) is 28.8 Å². The van der Waals surface area contributed by atoms with Crippen molar-refractivity contribution < 1.29 is 86.8 Å². The lowest BCUT2D eigenvalue weighted by Crippen LogP contribution is -2.44. The molecule has 27 nitrogen and oxygen atoms in total. The number of aryl methyl sites for hydroxylation is 3. The minimum Gasteiger partial charge on any atom is -0.458 e. The molecule has 0 bridgehead atoms. The summed E-state index contributed by atoms with van der Waals surface area (Å²) in [6.07, 6.45) is 4.82. The fraction of sp³-hybridized carbons (Fsp3) is 0.448. The number of pyridine rings is 6. The fourth-order valence-electron chi connectivity index (χ4n) is 19.7. The van der Waals surface area contributed by atoms with Gasteiger partial charge >= 0.3 is 17.9 Å². The molecule has 606 valence electrons. The number of hydrogen-bond donors (Lipinski definition) is 9. The quantitative estimate of drug-likeness (QED) is 0.0431. The van der Waals surface area contributed by atoms with Gasteiger partial charge in [-0.15, -0.1) is 0 Å². The van der Waals surface area contributed by atoms with E-state index in [2.05, 4.69) is 16.0 Å². The summed E-state index contributed by atoms with van der Waals surface area (Å²) >= 11 is 0. The van der Waals surface area contributed by atoms with Crippen LogP contribution in [0.1, 0.15) is 216 Å². The molecule has 117 heavy (non-hydrogen) atoms. The predicted molar refractivity (Wildman–Crippen MR) is 411 cm³/mol.